The lowest BCUT2D eigenvalue weighted by atomic mass is 10.1. The van der Waals surface area contributed by atoms with Gasteiger partial charge in [0.2, 0.25) is 0 Å². The van der Waals surface area contributed by atoms with E-state index in [1.807, 2.05) is 24.8 Å². The summed E-state index contributed by atoms with van der Waals surface area (Å²) in [5.41, 5.74) is 3.57. The molecule has 0 aliphatic carbocycles. The molecule has 2 heterocycles. The quantitative estimate of drug-likeness (QED) is 0.656. The highest BCUT2D eigenvalue weighted by molar-refractivity contribution is 7.80. The number of aryl methyl sites for hydroxylation is 2. The molecule has 1 aromatic carbocycles. The molecule has 0 unspecified atom stereocenters. The van der Waals surface area contributed by atoms with Crippen LogP contribution in [0.25, 0.3) is 10.9 Å². The summed E-state index contributed by atoms with van der Waals surface area (Å²) < 4.78 is 5.61. The van der Waals surface area contributed by atoms with Crippen LogP contribution in [0.1, 0.15) is 29.5 Å². The van der Waals surface area contributed by atoms with Gasteiger partial charge in [-0.05, 0) is 62.0 Å². The third kappa shape index (κ3) is 4.86. The normalized spacial score (nSPS) is 16.6. The first-order valence-corrected chi connectivity index (χ1v) is 9.77. The molecule has 1 fully saturated rings. The Labute approximate surface area is 164 Å². The Morgan fingerprint density at radius 3 is 2.93 bits per heavy atom. The number of pyridine rings is 1. The molecule has 146 valence electrons. The molecule has 7 heteroatoms. The molecule has 0 radical (unpaired) electrons. The van der Waals surface area contributed by atoms with Crippen LogP contribution < -0.4 is 10.9 Å². The smallest absolute Gasteiger partial charge is 0.253 e. The Morgan fingerprint density at radius 2 is 2.22 bits per heavy atom. The number of thiocarbonyl (C=S) groups is 1. The van der Waals surface area contributed by atoms with Crippen LogP contribution in [0.5, 0.6) is 0 Å². The standard InChI is InChI=1S/C20H27N3O3S/c1-13-8-14(2)18-15(9-13)10-16(19(25)22-18)12-23(5-6-24)20(27)21-11-17-4-3-7-26-17/h8-10,17,24H,3-7,11-12H2,1-2H3,(H,21,27)(H,22,25)/t17-/m0/s1. The summed E-state index contributed by atoms with van der Waals surface area (Å²) in [4.78, 5) is 17.4. The van der Waals surface area contributed by atoms with Crippen molar-refractivity contribution in [2.24, 2.45) is 0 Å². The van der Waals surface area contributed by atoms with Crippen molar-refractivity contribution >= 4 is 28.2 Å². The van der Waals surface area contributed by atoms with Crippen molar-refractivity contribution in [2.45, 2.75) is 39.3 Å². The number of nitrogens with one attached hydrogen (secondary N) is 2. The summed E-state index contributed by atoms with van der Waals surface area (Å²) in [5, 5.41) is 14.2. The molecular weight excluding hydrogens is 362 g/mol. The Hall–Kier alpha value is -1.96. The molecule has 1 saturated heterocycles. The maximum absolute atomic E-state index is 12.6. The summed E-state index contributed by atoms with van der Waals surface area (Å²) in [6, 6.07) is 6.04. The predicted octanol–water partition coefficient (Wildman–Crippen LogP) is 1.99. The predicted molar refractivity (Wildman–Crippen MR) is 111 cm³/mol. The molecule has 1 aromatic heterocycles. The monoisotopic (exact) mass is 389 g/mol. The summed E-state index contributed by atoms with van der Waals surface area (Å²) in [6.45, 7) is 6.15. The lowest BCUT2D eigenvalue weighted by Crippen LogP contribution is -2.44. The van der Waals surface area contributed by atoms with Gasteiger partial charge in [-0.3, -0.25) is 4.79 Å². The number of hydrogen-bond acceptors (Lipinski definition) is 4. The van der Waals surface area contributed by atoms with Crippen LogP contribution in [-0.4, -0.2) is 52.5 Å². The summed E-state index contributed by atoms with van der Waals surface area (Å²) >= 11 is 5.49. The number of aromatic amines is 1. The van der Waals surface area contributed by atoms with Gasteiger partial charge in [0, 0.05) is 25.3 Å². The molecule has 1 aliphatic rings. The average molecular weight is 390 g/mol. The molecule has 1 atom stereocenters. The van der Waals surface area contributed by atoms with Gasteiger partial charge in [-0.1, -0.05) is 11.6 Å². The summed E-state index contributed by atoms with van der Waals surface area (Å²) in [6.07, 6.45) is 2.28. The average Bonchev–Trinajstić information content (AvgIpc) is 3.14. The van der Waals surface area contributed by atoms with Crippen LogP contribution in [0.15, 0.2) is 23.0 Å². The zero-order chi connectivity index (χ0) is 19.4. The van der Waals surface area contributed by atoms with Crippen LogP contribution in [0.2, 0.25) is 0 Å². The minimum atomic E-state index is -0.126. The number of rotatable bonds is 6. The van der Waals surface area contributed by atoms with E-state index in [1.54, 1.807) is 0 Å². The molecule has 1 aliphatic heterocycles. The maximum atomic E-state index is 12.6. The van der Waals surface area contributed by atoms with E-state index < -0.39 is 0 Å². The van der Waals surface area contributed by atoms with E-state index in [4.69, 9.17) is 17.0 Å². The number of benzene rings is 1. The van der Waals surface area contributed by atoms with Crippen molar-refractivity contribution in [3.8, 4) is 0 Å². The zero-order valence-electron chi connectivity index (χ0n) is 15.9. The second kappa shape index (κ2) is 8.82. The van der Waals surface area contributed by atoms with Gasteiger partial charge in [-0.25, -0.2) is 0 Å². The van der Waals surface area contributed by atoms with Gasteiger partial charge in [0.05, 0.1) is 24.8 Å². The molecule has 0 bridgehead atoms. The van der Waals surface area contributed by atoms with E-state index in [-0.39, 0.29) is 18.3 Å². The minimum Gasteiger partial charge on any atom is -0.395 e. The van der Waals surface area contributed by atoms with Crippen molar-refractivity contribution in [2.75, 3.05) is 26.3 Å². The van der Waals surface area contributed by atoms with Crippen LogP contribution in [0.3, 0.4) is 0 Å². The SMILES string of the molecule is Cc1cc(C)c2[nH]c(=O)c(CN(CCO)C(=S)NC[C@@H]3CCCO3)cc2c1. The van der Waals surface area contributed by atoms with Crippen molar-refractivity contribution < 1.29 is 9.84 Å². The molecule has 3 N–H and O–H groups in total. The van der Waals surface area contributed by atoms with Crippen molar-refractivity contribution in [1.29, 1.82) is 0 Å². The van der Waals surface area contributed by atoms with E-state index in [0.717, 1.165) is 41.5 Å². The lowest BCUT2D eigenvalue weighted by molar-refractivity contribution is 0.113. The van der Waals surface area contributed by atoms with Crippen molar-refractivity contribution in [1.82, 2.24) is 15.2 Å². The van der Waals surface area contributed by atoms with Gasteiger partial charge in [0.1, 0.15) is 0 Å². The molecule has 0 spiro atoms. The minimum absolute atomic E-state index is 0.0363. The molecule has 3 rings (SSSR count). The van der Waals surface area contributed by atoms with Crippen molar-refractivity contribution in [3.05, 3.63) is 45.2 Å². The number of hydrogen-bond donors (Lipinski definition) is 3. The Balaban J connectivity index is 1.77. The second-order valence-electron chi connectivity index (χ2n) is 7.14. The molecular formula is C20H27N3O3S. The first kappa shape index (κ1) is 19.8. The largest absolute Gasteiger partial charge is 0.395 e. The highest BCUT2D eigenvalue weighted by Crippen LogP contribution is 2.18. The van der Waals surface area contributed by atoms with Crippen LogP contribution in [0, 0.1) is 13.8 Å². The summed E-state index contributed by atoms with van der Waals surface area (Å²) in [7, 11) is 0. The van der Waals surface area contributed by atoms with E-state index in [2.05, 4.69) is 22.4 Å². The molecule has 0 amide bonds. The third-order valence-electron chi connectivity index (χ3n) is 4.89. The van der Waals surface area contributed by atoms with Crippen LogP contribution >= 0.6 is 12.2 Å². The van der Waals surface area contributed by atoms with E-state index >= 15 is 0 Å². The van der Waals surface area contributed by atoms with Gasteiger partial charge in [0.15, 0.2) is 5.11 Å². The number of aromatic nitrogens is 1. The zero-order valence-corrected chi connectivity index (χ0v) is 16.7. The van der Waals surface area contributed by atoms with E-state index in [1.165, 1.54) is 0 Å². The van der Waals surface area contributed by atoms with Crippen LogP contribution in [-0.2, 0) is 11.3 Å². The molecule has 27 heavy (non-hydrogen) atoms. The Morgan fingerprint density at radius 1 is 1.41 bits per heavy atom. The second-order valence-corrected chi connectivity index (χ2v) is 7.52. The van der Waals surface area contributed by atoms with E-state index in [0.29, 0.717) is 30.3 Å². The number of fused-ring (bicyclic) bond motifs is 1. The first-order chi connectivity index (χ1) is 13.0. The van der Waals surface area contributed by atoms with Crippen molar-refractivity contribution in [3.63, 3.8) is 0 Å². The third-order valence-corrected chi connectivity index (χ3v) is 5.30. The summed E-state index contributed by atoms with van der Waals surface area (Å²) in [5.74, 6) is 0. The maximum Gasteiger partial charge on any atom is 0.253 e. The fourth-order valence-electron chi connectivity index (χ4n) is 3.55. The Kier molecular flexibility index (Phi) is 6.46. The lowest BCUT2D eigenvalue weighted by Gasteiger charge is -2.26. The number of aliphatic hydroxyl groups excluding tert-OH is 1. The highest BCUT2D eigenvalue weighted by atomic mass is 32.1. The van der Waals surface area contributed by atoms with E-state index in [9.17, 15) is 9.90 Å². The molecule has 6 nitrogen and oxygen atoms in total. The molecule has 0 saturated carbocycles. The number of ether oxygens (including phenoxy) is 1. The first-order valence-electron chi connectivity index (χ1n) is 9.36. The number of H-pyrrole nitrogens is 1. The van der Waals surface area contributed by atoms with Gasteiger partial charge >= 0.3 is 0 Å². The number of nitrogens with zero attached hydrogens (tertiary/aromatic N) is 1. The van der Waals surface area contributed by atoms with Gasteiger partial charge < -0.3 is 25.0 Å². The Bertz CT molecular complexity index is 875. The van der Waals surface area contributed by atoms with Gasteiger partial charge in [-0.15, -0.1) is 0 Å². The highest BCUT2D eigenvalue weighted by Gasteiger charge is 2.18. The van der Waals surface area contributed by atoms with Crippen LogP contribution in [0.4, 0.5) is 0 Å². The molecule has 2 aromatic rings. The number of aliphatic hydroxyl groups is 1. The fraction of sp³-hybridized carbons (Fsp3) is 0.500. The van der Waals surface area contributed by atoms with Gasteiger partial charge in [0.25, 0.3) is 5.56 Å². The fourth-order valence-corrected chi connectivity index (χ4v) is 3.79. The van der Waals surface area contributed by atoms with Gasteiger partial charge in [-0.2, -0.15) is 0 Å². The topological polar surface area (TPSA) is 77.6 Å².